The number of amides is 2. The van der Waals surface area contributed by atoms with Crippen LogP contribution < -0.4 is 10.6 Å². The number of esters is 8. The van der Waals surface area contributed by atoms with Crippen molar-refractivity contribution in [2.24, 2.45) is 0 Å². The van der Waals surface area contributed by atoms with E-state index >= 15 is 0 Å². The Morgan fingerprint density at radius 2 is 0.712 bits per heavy atom. The summed E-state index contributed by atoms with van der Waals surface area (Å²) >= 11 is 0. The molecule has 3 rings (SSSR count). The van der Waals surface area contributed by atoms with E-state index in [1.165, 1.54) is 0 Å². The van der Waals surface area contributed by atoms with Crippen LogP contribution >= 0.6 is 0 Å². The van der Waals surface area contributed by atoms with Crippen LogP contribution in [-0.2, 0) is 114 Å². The van der Waals surface area contributed by atoms with Crippen molar-refractivity contribution in [2.45, 2.75) is 168 Å². The van der Waals surface area contributed by atoms with Crippen LogP contribution in [-0.4, -0.2) is 178 Å². The molecule has 0 aromatic rings. The average molecular weight is 951 g/mol. The first-order valence-corrected chi connectivity index (χ1v) is 20.6. The standard InChI is InChI=1S/C40H58N2O24/c1-12-53-40-37(62-25(11)52)36(66-39-30(42-17(3)44)35(61-24(10)51)32(58-21(7)48)27(64-39)14-55-19(5)46)33(59-22(8)49)28(65-40)15-56-38-29(41-16(2)43)34(60-23(9)50)31(57-20(6)47)26(63-38)13-54-18(4)45/h26-40H,12-15H2,1-11H3,(H,41,43)(H,42,44)/t26-,27-,28-,29-,30-,31-,32-,33+,34-,35-,36+,37-,38-,39+,40-/m1/s1. The van der Waals surface area contributed by atoms with E-state index in [0.29, 0.717) is 0 Å². The molecule has 3 saturated heterocycles. The average Bonchev–Trinajstić information content (AvgIpc) is 3.17. The summed E-state index contributed by atoms with van der Waals surface area (Å²) in [5.74, 6) is -8.36. The molecule has 2 amide bonds. The minimum absolute atomic E-state index is 0.0891. The number of hydrogen-bond donors (Lipinski definition) is 2. The fourth-order valence-electron chi connectivity index (χ4n) is 7.30. The van der Waals surface area contributed by atoms with Gasteiger partial charge in [0, 0.05) is 75.8 Å². The summed E-state index contributed by atoms with van der Waals surface area (Å²) in [7, 11) is 0. The maximum atomic E-state index is 12.9. The highest BCUT2D eigenvalue weighted by Gasteiger charge is 2.58. The fourth-order valence-corrected chi connectivity index (χ4v) is 7.30. The van der Waals surface area contributed by atoms with Gasteiger partial charge in [-0.25, -0.2) is 0 Å². The number of ether oxygens (including phenoxy) is 14. The van der Waals surface area contributed by atoms with Crippen molar-refractivity contribution in [3.63, 3.8) is 0 Å². The van der Waals surface area contributed by atoms with Crippen molar-refractivity contribution in [2.75, 3.05) is 26.4 Å². The van der Waals surface area contributed by atoms with Gasteiger partial charge in [-0.05, 0) is 6.92 Å². The van der Waals surface area contributed by atoms with Gasteiger partial charge in [0.05, 0.1) is 6.61 Å². The molecule has 0 aliphatic carbocycles. The molecule has 3 heterocycles. The largest absolute Gasteiger partial charge is 0.463 e. The Balaban J connectivity index is 2.22. The molecule has 3 aliphatic heterocycles. The third kappa shape index (κ3) is 16.4. The van der Waals surface area contributed by atoms with Crippen molar-refractivity contribution >= 4 is 59.6 Å². The normalized spacial score (nSPS) is 31.7. The van der Waals surface area contributed by atoms with Gasteiger partial charge >= 0.3 is 47.8 Å². The van der Waals surface area contributed by atoms with Crippen molar-refractivity contribution in [1.82, 2.24) is 10.6 Å². The quantitative estimate of drug-likeness (QED) is 0.108. The Hall–Kier alpha value is -5.54. The van der Waals surface area contributed by atoms with Crippen LogP contribution in [0.5, 0.6) is 0 Å². The van der Waals surface area contributed by atoms with Gasteiger partial charge in [-0.15, -0.1) is 0 Å². The molecule has 0 spiro atoms. The van der Waals surface area contributed by atoms with E-state index in [-0.39, 0.29) is 6.61 Å². The lowest BCUT2D eigenvalue weighted by atomic mass is 9.94. The van der Waals surface area contributed by atoms with Crippen LogP contribution in [0.3, 0.4) is 0 Å². The third-order valence-electron chi connectivity index (χ3n) is 9.38. The monoisotopic (exact) mass is 950 g/mol. The zero-order valence-corrected chi connectivity index (χ0v) is 38.3. The topological polar surface area (TPSA) is 324 Å². The smallest absolute Gasteiger partial charge is 0.303 e. The van der Waals surface area contributed by atoms with E-state index in [1.54, 1.807) is 6.92 Å². The van der Waals surface area contributed by atoms with Gasteiger partial charge in [0.15, 0.2) is 55.5 Å². The molecule has 0 unspecified atom stereocenters. The van der Waals surface area contributed by atoms with Gasteiger partial charge in [0.25, 0.3) is 0 Å². The molecule has 0 aromatic heterocycles. The van der Waals surface area contributed by atoms with Crippen LogP contribution in [0.4, 0.5) is 0 Å². The minimum atomic E-state index is -1.82. The molecule has 372 valence electrons. The Bertz CT molecular complexity index is 1780. The van der Waals surface area contributed by atoms with Crippen LogP contribution in [0.25, 0.3) is 0 Å². The van der Waals surface area contributed by atoms with Gasteiger partial charge in [0.2, 0.25) is 11.8 Å². The fraction of sp³-hybridized carbons (Fsp3) is 0.750. The lowest BCUT2D eigenvalue weighted by Crippen LogP contribution is -2.70. The van der Waals surface area contributed by atoms with Gasteiger partial charge in [-0.1, -0.05) is 0 Å². The van der Waals surface area contributed by atoms with Crippen molar-refractivity contribution in [3.8, 4) is 0 Å². The first kappa shape index (κ1) is 54.8. The first-order valence-electron chi connectivity index (χ1n) is 20.6. The van der Waals surface area contributed by atoms with Gasteiger partial charge < -0.3 is 76.9 Å². The van der Waals surface area contributed by atoms with Crippen molar-refractivity contribution in [3.05, 3.63) is 0 Å². The highest BCUT2D eigenvalue weighted by molar-refractivity contribution is 5.74. The highest BCUT2D eigenvalue weighted by Crippen LogP contribution is 2.36. The molecule has 0 aromatic carbocycles. The highest BCUT2D eigenvalue weighted by atomic mass is 16.8. The summed E-state index contributed by atoms with van der Waals surface area (Å²) < 4.78 is 80.9. The van der Waals surface area contributed by atoms with E-state index in [4.69, 9.17) is 66.3 Å². The van der Waals surface area contributed by atoms with Gasteiger partial charge in [0.1, 0.15) is 49.7 Å². The molecular formula is C40H58N2O24. The molecule has 0 radical (unpaired) electrons. The number of nitrogens with one attached hydrogen (secondary N) is 2. The van der Waals surface area contributed by atoms with Crippen LogP contribution in [0.15, 0.2) is 0 Å². The van der Waals surface area contributed by atoms with Crippen LogP contribution in [0.1, 0.15) is 76.2 Å². The Labute approximate surface area is 378 Å². The summed E-state index contributed by atoms with van der Waals surface area (Å²) in [5.41, 5.74) is 0. The molecule has 3 aliphatic rings. The maximum absolute atomic E-state index is 12.9. The molecule has 15 atom stereocenters. The summed E-state index contributed by atoms with van der Waals surface area (Å²) in [6.45, 7) is 10.2. The predicted octanol–water partition coefficient (Wildman–Crippen LogP) is -1.67. The van der Waals surface area contributed by atoms with Gasteiger partial charge in [-0.3, -0.25) is 47.9 Å². The Morgan fingerprint density at radius 1 is 0.379 bits per heavy atom. The van der Waals surface area contributed by atoms with Crippen LogP contribution in [0.2, 0.25) is 0 Å². The zero-order chi connectivity index (χ0) is 49.6. The van der Waals surface area contributed by atoms with E-state index < -0.39 is 171 Å². The van der Waals surface area contributed by atoms with Crippen LogP contribution in [0, 0.1) is 0 Å². The van der Waals surface area contributed by atoms with Gasteiger partial charge in [-0.2, -0.15) is 0 Å². The molecule has 26 heteroatoms. The molecule has 2 N–H and O–H groups in total. The van der Waals surface area contributed by atoms with Crippen molar-refractivity contribution < 1.29 is 114 Å². The third-order valence-corrected chi connectivity index (χ3v) is 9.38. The summed E-state index contributed by atoms with van der Waals surface area (Å²) in [5, 5.41) is 5.10. The number of rotatable bonds is 19. The summed E-state index contributed by atoms with van der Waals surface area (Å²) in [6.07, 6.45) is -20.6. The van der Waals surface area contributed by atoms with E-state index in [9.17, 15) is 47.9 Å². The summed E-state index contributed by atoms with van der Waals surface area (Å²) in [4.78, 5) is 124. The number of carbonyl (C=O) groups excluding carboxylic acids is 10. The molecule has 3 fully saturated rings. The lowest BCUT2D eigenvalue weighted by Gasteiger charge is -2.49. The van der Waals surface area contributed by atoms with E-state index in [1.807, 2.05) is 0 Å². The van der Waals surface area contributed by atoms with Crippen molar-refractivity contribution in [1.29, 1.82) is 0 Å². The second-order valence-corrected chi connectivity index (χ2v) is 15.0. The second-order valence-electron chi connectivity index (χ2n) is 15.0. The minimum Gasteiger partial charge on any atom is -0.463 e. The Morgan fingerprint density at radius 3 is 1.09 bits per heavy atom. The van der Waals surface area contributed by atoms with E-state index in [2.05, 4.69) is 10.6 Å². The molecule has 26 nitrogen and oxygen atoms in total. The SMILES string of the molecule is CCO[C@@H]1O[C@H](CO[C@@H]2O[C@H](COC(C)=O)[C@@H](OC(C)=O)[C@H](OC(C)=O)[C@H]2NC(C)=O)[C@H](OC(C)=O)[C@H](O[C@@H]2O[C@H](COC(C)=O)[C@@H](OC(C)=O)[C@H](OC(C)=O)[C@H]2NC(C)=O)[C@H]1OC(C)=O. The predicted molar refractivity (Wildman–Crippen MR) is 210 cm³/mol. The lowest BCUT2D eigenvalue weighted by molar-refractivity contribution is -0.355. The first-order chi connectivity index (χ1) is 30.9. The molecular weight excluding hydrogens is 892 g/mol. The second kappa shape index (κ2) is 25.4. The molecule has 66 heavy (non-hydrogen) atoms. The number of carbonyl (C=O) groups is 10. The maximum Gasteiger partial charge on any atom is 0.303 e. The summed E-state index contributed by atoms with van der Waals surface area (Å²) in [6, 6.07) is -3.01. The Kier molecular flexibility index (Phi) is 21.1. The number of hydrogen-bond acceptors (Lipinski definition) is 24. The van der Waals surface area contributed by atoms with E-state index in [0.717, 1.165) is 69.2 Å². The molecule has 0 bridgehead atoms. The zero-order valence-electron chi connectivity index (χ0n) is 38.3. The molecule has 0 saturated carbocycles.